The van der Waals surface area contributed by atoms with Crippen LogP contribution in [0.25, 0.3) is 22.2 Å². The number of aryl methyl sites for hydroxylation is 4. The molecule has 0 saturated heterocycles. The zero-order valence-corrected chi connectivity index (χ0v) is 13.1. The summed E-state index contributed by atoms with van der Waals surface area (Å²) in [6.07, 6.45) is 0. The van der Waals surface area contributed by atoms with Crippen molar-refractivity contribution in [3.63, 3.8) is 0 Å². The standard InChI is InChI=1S/C20H20N/c1-12-8-14(3)17-11-21-18-7-5-6-13(2)20(18)15(4)10-19(21)16(17)9-12/h5-10H,11H2,1-4H3/q+1. The topological polar surface area (TPSA) is 3.88 Å². The highest BCUT2D eigenvalue weighted by molar-refractivity contribution is 5.85. The molecule has 1 aromatic heterocycles. The molecule has 0 unspecified atom stereocenters. The molecule has 0 amide bonds. The fraction of sp³-hybridized carbons (Fsp3) is 0.250. The number of aromatic nitrogens is 1. The normalized spacial score (nSPS) is 12.6. The Bertz CT molecular complexity index is 904. The van der Waals surface area contributed by atoms with Crippen LogP contribution in [0, 0.1) is 27.7 Å². The Morgan fingerprint density at radius 2 is 1.67 bits per heavy atom. The molecule has 2 aromatic carbocycles. The smallest absolute Gasteiger partial charge is 0.187 e. The van der Waals surface area contributed by atoms with Gasteiger partial charge in [0.25, 0.3) is 0 Å². The second-order valence-corrected chi connectivity index (χ2v) is 6.38. The van der Waals surface area contributed by atoms with Crippen LogP contribution in [0.2, 0.25) is 0 Å². The summed E-state index contributed by atoms with van der Waals surface area (Å²) in [6.45, 7) is 9.86. The molecule has 0 N–H and O–H groups in total. The summed E-state index contributed by atoms with van der Waals surface area (Å²) < 4.78 is 2.48. The van der Waals surface area contributed by atoms with Crippen molar-refractivity contribution in [2.24, 2.45) is 0 Å². The van der Waals surface area contributed by atoms with Crippen LogP contribution in [-0.4, -0.2) is 0 Å². The van der Waals surface area contributed by atoms with E-state index in [0.717, 1.165) is 6.54 Å². The van der Waals surface area contributed by atoms with Gasteiger partial charge in [-0.25, -0.2) is 0 Å². The zero-order chi connectivity index (χ0) is 14.7. The van der Waals surface area contributed by atoms with Crippen molar-refractivity contribution in [3.05, 3.63) is 64.2 Å². The van der Waals surface area contributed by atoms with Crippen LogP contribution < -0.4 is 4.57 Å². The van der Waals surface area contributed by atoms with Crippen LogP contribution in [0.4, 0.5) is 0 Å². The Kier molecular flexibility index (Phi) is 2.50. The van der Waals surface area contributed by atoms with E-state index in [-0.39, 0.29) is 0 Å². The molecule has 0 atom stereocenters. The number of pyridine rings is 1. The number of nitrogens with zero attached hydrogens (tertiary/aromatic N) is 1. The van der Waals surface area contributed by atoms with Gasteiger partial charge in [0.2, 0.25) is 11.2 Å². The lowest BCUT2D eigenvalue weighted by Crippen LogP contribution is -2.33. The van der Waals surface area contributed by atoms with Crippen molar-refractivity contribution in [1.82, 2.24) is 0 Å². The third-order valence-corrected chi connectivity index (χ3v) is 4.79. The average molecular weight is 274 g/mol. The summed E-state index contributed by atoms with van der Waals surface area (Å²) in [5, 5.41) is 1.41. The molecule has 21 heavy (non-hydrogen) atoms. The Balaban J connectivity index is 2.13. The molecule has 4 rings (SSSR count). The molecule has 2 heterocycles. The lowest BCUT2D eigenvalue weighted by Gasteiger charge is -2.06. The van der Waals surface area contributed by atoms with Crippen molar-refractivity contribution >= 4 is 10.9 Å². The summed E-state index contributed by atoms with van der Waals surface area (Å²) in [4.78, 5) is 0. The van der Waals surface area contributed by atoms with Crippen LogP contribution in [0.3, 0.4) is 0 Å². The predicted molar refractivity (Wildman–Crippen MR) is 87.6 cm³/mol. The molecule has 1 aliphatic rings. The monoisotopic (exact) mass is 274 g/mol. The fourth-order valence-electron chi connectivity index (χ4n) is 3.86. The van der Waals surface area contributed by atoms with Gasteiger partial charge >= 0.3 is 0 Å². The molecule has 1 nitrogen and oxygen atoms in total. The lowest BCUT2D eigenvalue weighted by atomic mass is 9.98. The van der Waals surface area contributed by atoms with Crippen molar-refractivity contribution < 1.29 is 4.57 Å². The number of benzene rings is 2. The summed E-state index contributed by atoms with van der Waals surface area (Å²) in [6, 6.07) is 13.6. The van der Waals surface area contributed by atoms with E-state index in [0.29, 0.717) is 0 Å². The molecular formula is C20H20N+. The van der Waals surface area contributed by atoms with E-state index < -0.39 is 0 Å². The minimum absolute atomic E-state index is 0.997. The van der Waals surface area contributed by atoms with Gasteiger partial charge in [-0.3, -0.25) is 0 Å². The van der Waals surface area contributed by atoms with E-state index in [9.17, 15) is 0 Å². The molecular weight excluding hydrogens is 254 g/mol. The molecule has 0 aliphatic carbocycles. The number of fused-ring (bicyclic) bond motifs is 5. The molecule has 0 spiro atoms. The third-order valence-electron chi connectivity index (χ3n) is 4.79. The molecule has 1 heteroatoms. The second-order valence-electron chi connectivity index (χ2n) is 6.38. The van der Waals surface area contributed by atoms with Crippen molar-refractivity contribution in [3.8, 4) is 11.3 Å². The minimum Gasteiger partial charge on any atom is -0.187 e. The molecule has 3 aromatic rings. The summed E-state index contributed by atoms with van der Waals surface area (Å²) in [5.41, 5.74) is 11.1. The highest BCUT2D eigenvalue weighted by Crippen LogP contribution is 2.34. The van der Waals surface area contributed by atoms with E-state index in [2.05, 4.69) is 68.7 Å². The lowest BCUT2D eigenvalue weighted by molar-refractivity contribution is -0.645. The Labute approximate surface area is 125 Å². The average Bonchev–Trinajstić information content (AvgIpc) is 2.78. The van der Waals surface area contributed by atoms with Gasteiger partial charge in [0, 0.05) is 17.7 Å². The van der Waals surface area contributed by atoms with E-state index in [1.807, 2.05) is 0 Å². The summed E-state index contributed by atoms with van der Waals surface area (Å²) in [7, 11) is 0. The first-order valence-corrected chi connectivity index (χ1v) is 7.59. The molecule has 0 radical (unpaired) electrons. The molecule has 1 aliphatic heterocycles. The SMILES string of the molecule is Cc1cc(C)c2c(c1)-c1cc(C)c3c(C)cccc3[n+]1C2. The van der Waals surface area contributed by atoms with Crippen molar-refractivity contribution in [2.45, 2.75) is 34.2 Å². The first-order chi connectivity index (χ1) is 10.1. The largest absolute Gasteiger partial charge is 0.214 e. The molecule has 0 bridgehead atoms. The maximum absolute atomic E-state index is 2.48. The summed E-state index contributed by atoms with van der Waals surface area (Å²) >= 11 is 0. The number of hydrogen-bond donors (Lipinski definition) is 0. The van der Waals surface area contributed by atoms with Gasteiger partial charge < -0.3 is 0 Å². The Hall–Kier alpha value is -2.15. The highest BCUT2D eigenvalue weighted by atomic mass is 15.0. The van der Waals surface area contributed by atoms with Gasteiger partial charge in [-0.15, -0.1) is 0 Å². The highest BCUT2D eigenvalue weighted by Gasteiger charge is 2.30. The first-order valence-electron chi connectivity index (χ1n) is 7.59. The molecule has 0 saturated carbocycles. The van der Waals surface area contributed by atoms with Gasteiger partial charge in [0.15, 0.2) is 6.54 Å². The summed E-state index contributed by atoms with van der Waals surface area (Å²) in [5.74, 6) is 0. The van der Waals surface area contributed by atoms with Crippen LogP contribution in [0.5, 0.6) is 0 Å². The first kappa shape index (κ1) is 12.6. The third kappa shape index (κ3) is 1.67. The number of rotatable bonds is 0. The van der Waals surface area contributed by atoms with Gasteiger partial charge in [-0.1, -0.05) is 18.2 Å². The van der Waals surface area contributed by atoms with Gasteiger partial charge in [-0.05, 0) is 56.0 Å². The molecule has 0 fully saturated rings. The van der Waals surface area contributed by atoms with Crippen LogP contribution in [0.1, 0.15) is 27.8 Å². The van der Waals surface area contributed by atoms with Gasteiger partial charge in [-0.2, -0.15) is 4.57 Å². The maximum Gasteiger partial charge on any atom is 0.214 e. The van der Waals surface area contributed by atoms with Crippen molar-refractivity contribution in [1.29, 1.82) is 0 Å². The zero-order valence-electron chi connectivity index (χ0n) is 13.1. The van der Waals surface area contributed by atoms with Gasteiger partial charge in [0.05, 0.1) is 10.9 Å². The van der Waals surface area contributed by atoms with Crippen LogP contribution in [0.15, 0.2) is 36.4 Å². The second kappa shape index (κ2) is 4.17. The van der Waals surface area contributed by atoms with Gasteiger partial charge in [0.1, 0.15) is 0 Å². The fourth-order valence-corrected chi connectivity index (χ4v) is 3.86. The van der Waals surface area contributed by atoms with E-state index in [4.69, 9.17) is 0 Å². The van der Waals surface area contributed by atoms with E-state index in [1.54, 1.807) is 0 Å². The van der Waals surface area contributed by atoms with E-state index >= 15 is 0 Å². The number of hydrogen-bond acceptors (Lipinski definition) is 0. The maximum atomic E-state index is 2.48. The minimum atomic E-state index is 0.997. The van der Waals surface area contributed by atoms with Crippen LogP contribution in [-0.2, 0) is 6.54 Å². The Morgan fingerprint density at radius 3 is 2.48 bits per heavy atom. The Morgan fingerprint density at radius 1 is 0.857 bits per heavy atom. The van der Waals surface area contributed by atoms with Crippen LogP contribution >= 0.6 is 0 Å². The van der Waals surface area contributed by atoms with E-state index in [1.165, 1.54) is 50.0 Å². The quantitative estimate of drug-likeness (QED) is 0.419. The van der Waals surface area contributed by atoms with Crippen molar-refractivity contribution in [2.75, 3.05) is 0 Å². The predicted octanol–water partition coefficient (Wildman–Crippen LogP) is 4.39. The molecule has 104 valence electrons.